The van der Waals surface area contributed by atoms with Crippen LogP contribution in [0.3, 0.4) is 0 Å². The molecular weight excluding hydrogens is 383 g/mol. The minimum atomic E-state index is -0.271. The second kappa shape index (κ2) is 6.85. The van der Waals surface area contributed by atoms with Gasteiger partial charge in [-0.25, -0.2) is 4.39 Å². The fraction of sp³-hybridized carbons (Fsp3) is 0.150. The van der Waals surface area contributed by atoms with Crippen molar-refractivity contribution in [3.63, 3.8) is 0 Å². The van der Waals surface area contributed by atoms with E-state index in [1.54, 1.807) is 18.2 Å². The summed E-state index contributed by atoms with van der Waals surface area (Å²) in [5.74, 6) is 0.453. The monoisotopic (exact) mass is 396 g/mol. The lowest BCUT2D eigenvalue weighted by molar-refractivity contribution is -0.00116. The van der Waals surface area contributed by atoms with Crippen LogP contribution in [0.5, 0.6) is 0 Å². The van der Waals surface area contributed by atoms with E-state index in [-0.39, 0.29) is 11.9 Å². The van der Waals surface area contributed by atoms with Crippen LogP contribution < -0.4 is 0 Å². The maximum Gasteiger partial charge on any atom is 0.278 e. The molecule has 0 saturated heterocycles. The van der Waals surface area contributed by atoms with Gasteiger partial charge in [0.05, 0.1) is 23.9 Å². The maximum absolute atomic E-state index is 13.1. The Bertz CT molecular complexity index is 1140. The number of hydrogen-bond donors (Lipinski definition) is 0. The van der Waals surface area contributed by atoms with Gasteiger partial charge in [-0.1, -0.05) is 41.0 Å². The van der Waals surface area contributed by atoms with E-state index in [0.717, 1.165) is 11.3 Å². The van der Waals surface area contributed by atoms with Crippen LogP contribution in [0.1, 0.15) is 17.4 Å². The molecule has 0 saturated carbocycles. The molecule has 0 amide bonds. The molecule has 0 radical (unpaired) electrons. The highest BCUT2D eigenvalue weighted by Crippen LogP contribution is 2.30. The molecule has 1 aliphatic heterocycles. The summed E-state index contributed by atoms with van der Waals surface area (Å²) in [6, 6.07) is 15.5. The van der Waals surface area contributed by atoms with Gasteiger partial charge in [0.1, 0.15) is 11.9 Å². The summed E-state index contributed by atoms with van der Waals surface area (Å²) in [7, 11) is 0. The Kier molecular flexibility index (Phi) is 4.18. The van der Waals surface area contributed by atoms with Gasteiger partial charge >= 0.3 is 0 Å². The third kappa shape index (κ3) is 3.08. The summed E-state index contributed by atoms with van der Waals surface area (Å²) in [5.41, 5.74) is 3.08. The molecule has 1 atom stereocenters. The second-order valence-corrected chi connectivity index (χ2v) is 6.86. The molecule has 4 aromatic rings. The molecule has 0 N–H and O–H groups in total. The van der Waals surface area contributed by atoms with Crippen molar-refractivity contribution >= 4 is 11.6 Å². The summed E-state index contributed by atoms with van der Waals surface area (Å²) in [5, 5.41) is 9.14. The van der Waals surface area contributed by atoms with Crippen LogP contribution in [0, 0.1) is 5.82 Å². The first-order valence-electron chi connectivity index (χ1n) is 8.70. The molecule has 2 aromatic heterocycles. The van der Waals surface area contributed by atoms with E-state index in [2.05, 4.69) is 15.2 Å². The highest BCUT2D eigenvalue weighted by Gasteiger charge is 2.24. The zero-order valence-corrected chi connectivity index (χ0v) is 15.3. The zero-order valence-electron chi connectivity index (χ0n) is 14.5. The Balaban J connectivity index is 1.41. The zero-order chi connectivity index (χ0) is 19.1. The van der Waals surface area contributed by atoms with Crippen LogP contribution in [-0.4, -0.2) is 19.9 Å². The first-order valence-corrected chi connectivity index (χ1v) is 9.08. The third-order valence-corrected chi connectivity index (χ3v) is 4.97. The number of nitrogens with zero attached hydrogens (tertiary/aromatic N) is 4. The van der Waals surface area contributed by atoms with Gasteiger partial charge in [-0.05, 0) is 35.9 Å². The fourth-order valence-corrected chi connectivity index (χ4v) is 3.41. The van der Waals surface area contributed by atoms with Gasteiger partial charge in [0, 0.05) is 5.56 Å². The second-order valence-electron chi connectivity index (χ2n) is 6.46. The first-order chi connectivity index (χ1) is 13.7. The van der Waals surface area contributed by atoms with Gasteiger partial charge in [-0.3, -0.25) is 4.68 Å². The number of benzene rings is 2. The van der Waals surface area contributed by atoms with Gasteiger partial charge in [0.15, 0.2) is 5.69 Å². The lowest BCUT2D eigenvalue weighted by atomic mass is 10.1. The lowest BCUT2D eigenvalue weighted by Gasteiger charge is -2.24. The summed E-state index contributed by atoms with van der Waals surface area (Å²) in [6.45, 7) is 0.910. The number of halogens is 2. The predicted molar refractivity (Wildman–Crippen MR) is 99.9 cm³/mol. The van der Waals surface area contributed by atoms with Crippen molar-refractivity contribution in [1.82, 2.24) is 19.9 Å². The maximum atomic E-state index is 13.1. The number of ether oxygens (including phenoxy) is 1. The Morgan fingerprint density at radius 2 is 1.93 bits per heavy atom. The Morgan fingerprint density at radius 1 is 1.11 bits per heavy atom. The van der Waals surface area contributed by atoms with Crippen LogP contribution in [0.25, 0.3) is 23.0 Å². The SMILES string of the molecule is Fc1ccc(C2Cn3nc(-c4nc(-c5ccccc5Cl)no4)cc3CO2)cc1. The molecule has 0 spiro atoms. The minimum absolute atomic E-state index is 0.192. The normalized spacial score (nSPS) is 16.1. The molecule has 28 heavy (non-hydrogen) atoms. The Labute approximate surface area is 164 Å². The highest BCUT2D eigenvalue weighted by molar-refractivity contribution is 6.33. The number of hydrogen-bond acceptors (Lipinski definition) is 5. The van der Waals surface area contributed by atoms with Crippen molar-refractivity contribution < 1.29 is 13.7 Å². The van der Waals surface area contributed by atoms with Crippen molar-refractivity contribution in [2.75, 3.05) is 0 Å². The van der Waals surface area contributed by atoms with Crippen molar-refractivity contribution in [1.29, 1.82) is 0 Å². The Morgan fingerprint density at radius 3 is 2.75 bits per heavy atom. The standard InChI is InChI=1S/C20H14ClFN4O2/c21-16-4-2-1-3-15(16)19-23-20(28-25-19)17-9-14-11-27-18(10-26(14)24-17)12-5-7-13(22)8-6-12/h1-9,18H,10-11H2. The summed E-state index contributed by atoms with van der Waals surface area (Å²) >= 11 is 6.20. The molecular formula is C20H14ClFN4O2. The van der Waals surface area contributed by atoms with E-state index in [1.165, 1.54) is 12.1 Å². The number of rotatable bonds is 3. The molecule has 5 rings (SSSR count). The average Bonchev–Trinajstić information content (AvgIpc) is 3.35. The van der Waals surface area contributed by atoms with Gasteiger partial charge in [-0.2, -0.15) is 10.1 Å². The molecule has 0 aliphatic carbocycles. The van der Waals surface area contributed by atoms with Crippen molar-refractivity contribution in [3.8, 4) is 23.0 Å². The van der Waals surface area contributed by atoms with Gasteiger partial charge in [0.25, 0.3) is 5.89 Å². The topological polar surface area (TPSA) is 66.0 Å². The van der Waals surface area contributed by atoms with E-state index >= 15 is 0 Å². The van der Waals surface area contributed by atoms with Crippen LogP contribution in [0.15, 0.2) is 59.1 Å². The van der Waals surface area contributed by atoms with Gasteiger partial charge < -0.3 is 9.26 Å². The van der Waals surface area contributed by atoms with E-state index in [9.17, 15) is 4.39 Å². The van der Waals surface area contributed by atoms with Crippen molar-refractivity contribution in [2.45, 2.75) is 19.3 Å². The quantitative estimate of drug-likeness (QED) is 0.503. The number of fused-ring (bicyclic) bond motifs is 1. The molecule has 140 valence electrons. The van der Waals surface area contributed by atoms with E-state index in [0.29, 0.717) is 41.1 Å². The molecule has 0 bridgehead atoms. The molecule has 6 nitrogen and oxygen atoms in total. The summed E-state index contributed by atoms with van der Waals surface area (Å²) in [4.78, 5) is 4.42. The van der Waals surface area contributed by atoms with Crippen LogP contribution in [0.2, 0.25) is 5.02 Å². The van der Waals surface area contributed by atoms with Crippen LogP contribution in [0.4, 0.5) is 4.39 Å². The predicted octanol–water partition coefficient (Wildman–Crippen LogP) is 4.66. The van der Waals surface area contributed by atoms with Crippen LogP contribution in [-0.2, 0) is 17.9 Å². The molecule has 3 heterocycles. The summed E-state index contributed by atoms with van der Waals surface area (Å²) < 4.78 is 26.3. The molecule has 0 fully saturated rings. The highest BCUT2D eigenvalue weighted by atomic mass is 35.5. The fourth-order valence-electron chi connectivity index (χ4n) is 3.19. The molecule has 2 aromatic carbocycles. The van der Waals surface area contributed by atoms with Gasteiger partial charge in [0.2, 0.25) is 5.82 Å². The lowest BCUT2D eigenvalue weighted by Crippen LogP contribution is -2.21. The third-order valence-electron chi connectivity index (χ3n) is 4.64. The Hall–Kier alpha value is -3.03. The van der Waals surface area contributed by atoms with E-state index in [1.807, 2.05) is 28.9 Å². The van der Waals surface area contributed by atoms with E-state index < -0.39 is 0 Å². The van der Waals surface area contributed by atoms with Crippen LogP contribution >= 0.6 is 11.6 Å². The van der Waals surface area contributed by atoms with Crippen molar-refractivity contribution in [2.24, 2.45) is 0 Å². The molecule has 1 aliphatic rings. The van der Waals surface area contributed by atoms with E-state index in [4.69, 9.17) is 20.9 Å². The molecule has 8 heteroatoms. The van der Waals surface area contributed by atoms with Gasteiger partial charge in [-0.15, -0.1) is 0 Å². The largest absolute Gasteiger partial charge is 0.365 e. The van der Waals surface area contributed by atoms with Crippen molar-refractivity contribution in [3.05, 3.63) is 76.7 Å². The smallest absolute Gasteiger partial charge is 0.278 e. The number of aromatic nitrogens is 4. The average molecular weight is 397 g/mol. The first kappa shape index (κ1) is 17.1. The minimum Gasteiger partial charge on any atom is -0.365 e. The summed E-state index contributed by atoms with van der Waals surface area (Å²) in [6.07, 6.45) is -0.192. The molecule has 1 unspecified atom stereocenters.